The number of hydrogen-bond acceptors (Lipinski definition) is 15. The molecule has 5 aromatic carbocycles. The summed E-state index contributed by atoms with van der Waals surface area (Å²) in [6, 6.07) is 27.0. The van der Waals surface area contributed by atoms with Gasteiger partial charge < -0.3 is 56.7 Å². The van der Waals surface area contributed by atoms with Crippen molar-refractivity contribution in [1.82, 2.24) is 26.6 Å². The maximum absolute atomic E-state index is 13.7. The molecule has 5 aromatic rings. The third-order valence-corrected chi connectivity index (χ3v) is 16.5. The fourth-order valence-electron chi connectivity index (χ4n) is 10.9. The number of rotatable bonds is 41. The van der Waals surface area contributed by atoms with Crippen molar-refractivity contribution in [2.75, 3.05) is 21.3 Å². The number of carbonyl (C=O) groups is 9. The average Bonchev–Trinajstić information content (AvgIpc) is 0.879. The van der Waals surface area contributed by atoms with Crippen LogP contribution in [0.4, 0.5) is 13.2 Å². The van der Waals surface area contributed by atoms with Gasteiger partial charge in [-0.15, -0.1) is 12.4 Å². The molecule has 5 rings (SSSR count). The first kappa shape index (κ1) is 89.6. The number of benzene rings is 5. The number of nitrogens with two attached hydrogens (primary N) is 1. The Morgan fingerprint density at radius 2 is 0.745 bits per heavy atom. The zero-order valence-electron chi connectivity index (χ0n) is 61.0. The Hall–Kier alpha value is -8.51. The lowest BCUT2D eigenvalue weighted by atomic mass is 9.97. The number of ether oxygens (including phenoxy) is 3. The van der Waals surface area contributed by atoms with Crippen LogP contribution in [0.1, 0.15) is 161 Å². The smallest absolute Gasteiger partial charge is 0.243 e. The van der Waals surface area contributed by atoms with Crippen LogP contribution in [0.3, 0.4) is 0 Å². The van der Waals surface area contributed by atoms with E-state index in [2.05, 4.69) is 26.6 Å². The van der Waals surface area contributed by atoms with Crippen LogP contribution >= 0.6 is 12.4 Å². The topological polar surface area (TPSA) is 308 Å². The van der Waals surface area contributed by atoms with E-state index in [9.17, 15) is 66.5 Å². The summed E-state index contributed by atoms with van der Waals surface area (Å²) in [6.07, 6.45) is 1.63. The molecule has 0 heterocycles. The third kappa shape index (κ3) is 34.0. The van der Waals surface area contributed by atoms with Crippen LogP contribution in [0.25, 0.3) is 0 Å². The highest BCUT2D eigenvalue weighted by atomic mass is 35.5. The van der Waals surface area contributed by atoms with Crippen LogP contribution in [-0.4, -0.2) is 133 Å². The molecule has 20 nitrogen and oxygen atoms in total. The van der Waals surface area contributed by atoms with Gasteiger partial charge in [0.05, 0.1) is 45.5 Å². The summed E-state index contributed by atoms with van der Waals surface area (Å²) in [5, 5.41) is 34.7. The fraction of sp³-hybridized carbons (Fsp3) is 0.500. The Labute approximate surface area is 605 Å². The first-order valence-electron chi connectivity index (χ1n) is 34.7. The molecule has 0 fully saturated rings. The lowest BCUT2D eigenvalue weighted by molar-refractivity contribution is -0.139. The highest BCUT2D eigenvalue weighted by Crippen LogP contribution is 2.22. The van der Waals surface area contributed by atoms with E-state index in [1.807, 2.05) is 102 Å². The Bertz CT molecular complexity index is 3440. The van der Waals surface area contributed by atoms with Crippen LogP contribution in [0.15, 0.2) is 115 Å². The number of ketones is 4. The summed E-state index contributed by atoms with van der Waals surface area (Å²) in [4.78, 5) is 114. The van der Waals surface area contributed by atoms with E-state index in [1.54, 1.807) is 39.0 Å². The molecule has 0 spiro atoms. The van der Waals surface area contributed by atoms with E-state index in [-0.39, 0.29) is 106 Å². The summed E-state index contributed by atoms with van der Waals surface area (Å²) >= 11 is 0. The van der Waals surface area contributed by atoms with Gasteiger partial charge in [0.1, 0.15) is 59.0 Å². The van der Waals surface area contributed by atoms with Gasteiger partial charge in [-0.25, -0.2) is 13.2 Å². The van der Waals surface area contributed by atoms with Gasteiger partial charge in [0, 0.05) is 50.3 Å². The van der Waals surface area contributed by atoms with E-state index < -0.39 is 101 Å². The molecule has 9 N–H and O–H groups in total. The summed E-state index contributed by atoms with van der Waals surface area (Å²) in [5.74, 6) is -3.87. The lowest BCUT2D eigenvalue weighted by Crippen LogP contribution is -2.54. The zero-order chi connectivity index (χ0) is 75.3. The van der Waals surface area contributed by atoms with Crippen molar-refractivity contribution in [3.05, 3.63) is 161 Å². The first-order valence-corrected chi connectivity index (χ1v) is 34.7. The molecular formula is C78H108ClF3N6O14. The van der Waals surface area contributed by atoms with Gasteiger partial charge in [0.2, 0.25) is 41.1 Å². The molecule has 0 aliphatic carbocycles. The number of amides is 5. The molecule has 24 heteroatoms. The van der Waals surface area contributed by atoms with Crippen molar-refractivity contribution in [2.45, 2.75) is 214 Å². The number of aliphatic hydroxyl groups excluding tert-OH is 2. The van der Waals surface area contributed by atoms with Crippen molar-refractivity contribution in [1.29, 1.82) is 0 Å². The Balaban J connectivity index is 0.000000525. The van der Waals surface area contributed by atoms with Crippen LogP contribution in [0, 0.1) is 35.2 Å². The van der Waals surface area contributed by atoms with Crippen molar-refractivity contribution in [2.24, 2.45) is 23.5 Å². The molecule has 562 valence electrons. The molecule has 5 amide bonds. The molecule has 102 heavy (non-hydrogen) atoms. The summed E-state index contributed by atoms with van der Waals surface area (Å²) < 4.78 is 56.0. The second kappa shape index (κ2) is 47.6. The number of halogens is 4. The minimum absolute atomic E-state index is 0. The first-order chi connectivity index (χ1) is 47.9. The molecule has 0 aromatic heterocycles. The van der Waals surface area contributed by atoms with Gasteiger partial charge in [-0.1, -0.05) is 123 Å². The zero-order valence-corrected chi connectivity index (χ0v) is 61.9. The second-order valence-corrected chi connectivity index (χ2v) is 26.3. The number of aryl methyl sites for hydroxylation is 5. The minimum Gasteiger partial charge on any atom is -0.497 e. The second-order valence-electron chi connectivity index (χ2n) is 26.3. The van der Waals surface area contributed by atoms with E-state index in [4.69, 9.17) is 19.9 Å². The third-order valence-electron chi connectivity index (χ3n) is 16.5. The molecule has 0 saturated carbocycles. The van der Waals surface area contributed by atoms with E-state index in [0.717, 1.165) is 11.1 Å². The molecule has 8 atom stereocenters. The van der Waals surface area contributed by atoms with Gasteiger partial charge >= 0.3 is 0 Å². The van der Waals surface area contributed by atoms with E-state index >= 15 is 0 Å². The molecule has 0 radical (unpaired) electrons. The molecular weight excluding hydrogens is 1340 g/mol. The number of nitrogens with one attached hydrogen (secondary N) is 5. The summed E-state index contributed by atoms with van der Waals surface area (Å²) in [5.41, 5.74) is 9.61. The summed E-state index contributed by atoms with van der Waals surface area (Å²) in [6.45, 7) is 16.9. The van der Waals surface area contributed by atoms with Crippen molar-refractivity contribution >= 4 is 65.1 Å². The quantitative estimate of drug-likeness (QED) is 0.0169. The monoisotopic (exact) mass is 1440 g/mol. The molecule has 0 saturated heterocycles. The maximum atomic E-state index is 13.7. The van der Waals surface area contributed by atoms with E-state index in [0.29, 0.717) is 78.9 Å². The largest absolute Gasteiger partial charge is 0.497 e. The van der Waals surface area contributed by atoms with Gasteiger partial charge in [-0.3, -0.25) is 43.2 Å². The SMILES string of the molecule is CCC(NC(=O)[C@@H](N)CC(C)C)C(O)C(=O)CCc1cc(F)cc(OC)c1.CCC(NC(=O)[C@H](CC(C)C)NC(=O)CCc1ccccc1)C(=O)C(=O)CCc1cc(F)cc(OC)c1.CCC(NC(=O)[C@H](CC(C)C)NC(=O)CCc1ccccc1)C(O)C(=O)CCc1cc(F)cc(OC)c1.Cl. The number of hydrogen-bond donors (Lipinski definition) is 8. The van der Waals surface area contributed by atoms with Crippen LogP contribution < -0.4 is 46.5 Å². The van der Waals surface area contributed by atoms with Gasteiger partial charge in [0.25, 0.3) is 0 Å². The number of carbonyl (C=O) groups excluding carboxylic acids is 9. The normalized spacial score (nSPS) is 13.3. The maximum Gasteiger partial charge on any atom is 0.243 e. The van der Waals surface area contributed by atoms with Gasteiger partial charge in [-0.05, 0) is 153 Å². The minimum atomic E-state index is -1.42. The molecule has 0 aliphatic rings. The number of Topliss-reactive ketones (excluding diaryl/α,β-unsaturated/α-hetero) is 4. The Morgan fingerprint density at radius 3 is 1.08 bits per heavy atom. The van der Waals surface area contributed by atoms with Crippen LogP contribution in [0.2, 0.25) is 0 Å². The highest BCUT2D eigenvalue weighted by molar-refractivity contribution is 6.39. The standard InChI is InChI=1S/C29H39FN2O5.C29H37FN2O5.C20H31FN2O4.ClH/c2*1-5-24(28(35)26(33)13-11-21-16-22(30)18-23(17-21)37-4)32-29(36)25(15-19(2)3)31-27(34)14-12-20-9-7-6-8-10-20;1-5-17(23-20(26)16(22)8-12(2)3)19(25)18(24)7-6-13-9-14(21)11-15(10-13)27-4;/h6-10,16-19,24-25,28,35H,5,11-15H2,1-4H3,(H,31,34)(H,32,36);6-10,16-19,24-25H,5,11-15H2,1-4H3,(H,31,34)(H,32,36);9-12,16-17,19,25H,5-8,22H2,1-4H3,(H,23,26);1H/t24?,25-,28?;24?,25-;16-,17?,19?;/m000./s1. The molecule has 0 bridgehead atoms. The van der Waals surface area contributed by atoms with E-state index in [1.165, 1.54) is 57.7 Å². The summed E-state index contributed by atoms with van der Waals surface area (Å²) in [7, 11) is 4.28. The highest BCUT2D eigenvalue weighted by Gasteiger charge is 2.33. The number of methoxy groups -OCH3 is 3. The molecule has 0 aliphatic heterocycles. The van der Waals surface area contributed by atoms with Crippen LogP contribution in [0.5, 0.6) is 17.2 Å². The van der Waals surface area contributed by atoms with Crippen molar-refractivity contribution < 1.29 is 80.7 Å². The number of aliphatic hydroxyl groups is 2. The average molecular weight is 1450 g/mol. The lowest BCUT2D eigenvalue weighted by Gasteiger charge is -2.26. The predicted octanol–water partition coefficient (Wildman–Crippen LogP) is 10.1. The Morgan fingerprint density at radius 1 is 0.412 bits per heavy atom. The van der Waals surface area contributed by atoms with Gasteiger partial charge in [0.15, 0.2) is 11.6 Å². The molecule has 5 unspecified atom stereocenters. The van der Waals surface area contributed by atoms with Crippen molar-refractivity contribution in [3.63, 3.8) is 0 Å². The van der Waals surface area contributed by atoms with Gasteiger partial charge in [-0.2, -0.15) is 0 Å². The predicted molar refractivity (Wildman–Crippen MR) is 390 cm³/mol. The van der Waals surface area contributed by atoms with Crippen molar-refractivity contribution in [3.8, 4) is 17.2 Å². The Kier molecular flexibility index (Phi) is 41.8. The van der Waals surface area contributed by atoms with Crippen LogP contribution in [-0.2, 0) is 75.3 Å². The fourth-order valence-corrected chi connectivity index (χ4v) is 10.9.